The maximum atomic E-state index is 12.8. The van der Waals surface area contributed by atoms with Gasteiger partial charge in [0.2, 0.25) is 5.13 Å². The van der Waals surface area contributed by atoms with Gasteiger partial charge in [-0.3, -0.25) is 10.1 Å². The number of amides is 1. The van der Waals surface area contributed by atoms with Crippen LogP contribution in [0, 0.1) is 0 Å². The van der Waals surface area contributed by atoms with Gasteiger partial charge in [0.05, 0.1) is 0 Å². The number of anilines is 1. The maximum Gasteiger partial charge on any atom is 0.257 e. The third-order valence-electron chi connectivity index (χ3n) is 4.45. The van der Waals surface area contributed by atoms with Crippen molar-refractivity contribution in [2.75, 3.05) is 5.32 Å². The molecule has 0 spiro atoms. The number of rotatable bonds is 6. The lowest BCUT2D eigenvalue weighted by molar-refractivity contribution is 0.102. The van der Waals surface area contributed by atoms with Gasteiger partial charge in [0.25, 0.3) is 5.91 Å². The van der Waals surface area contributed by atoms with Crippen molar-refractivity contribution in [1.82, 2.24) is 10.2 Å². The summed E-state index contributed by atoms with van der Waals surface area (Å²) in [4.78, 5) is 12.8. The summed E-state index contributed by atoms with van der Waals surface area (Å²) in [6.45, 7) is 0. The van der Waals surface area contributed by atoms with Gasteiger partial charge < -0.3 is 0 Å². The predicted octanol–water partition coefficient (Wildman–Crippen LogP) is 5.24. The van der Waals surface area contributed by atoms with Crippen molar-refractivity contribution in [1.29, 1.82) is 0 Å². The number of benzene rings is 3. The fourth-order valence-electron chi connectivity index (χ4n) is 3.02. The summed E-state index contributed by atoms with van der Waals surface area (Å²) in [6.07, 6.45) is 1.70. The Morgan fingerprint density at radius 2 is 1.46 bits per heavy atom. The minimum atomic E-state index is -0.153. The maximum absolute atomic E-state index is 12.8. The van der Waals surface area contributed by atoms with Crippen LogP contribution in [-0.4, -0.2) is 16.1 Å². The van der Waals surface area contributed by atoms with E-state index in [0.717, 1.165) is 29.0 Å². The first-order chi connectivity index (χ1) is 13.8. The molecule has 0 unspecified atom stereocenters. The van der Waals surface area contributed by atoms with Crippen LogP contribution in [0.3, 0.4) is 0 Å². The van der Waals surface area contributed by atoms with Crippen LogP contribution in [0.2, 0.25) is 0 Å². The molecule has 28 heavy (non-hydrogen) atoms. The molecule has 5 heteroatoms. The minimum absolute atomic E-state index is 0.153. The average molecular weight is 385 g/mol. The van der Waals surface area contributed by atoms with E-state index in [1.165, 1.54) is 16.9 Å². The predicted molar refractivity (Wildman–Crippen MR) is 114 cm³/mol. The fraction of sp³-hybridized carbons (Fsp3) is 0.0870. The van der Waals surface area contributed by atoms with Crippen LogP contribution in [-0.2, 0) is 12.8 Å². The van der Waals surface area contributed by atoms with Crippen LogP contribution in [0.25, 0.3) is 10.6 Å². The van der Waals surface area contributed by atoms with Crippen molar-refractivity contribution in [2.45, 2.75) is 12.8 Å². The van der Waals surface area contributed by atoms with Crippen molar-refractivity contribution in [3.63, 3.8) is 0 Å². The number of aromatic nitrogens is 2. The molecule has 4 rings (SSSR count). The highest BCUT2D eigenvalue weighted by Crippen LogP contribution is 2.26. The van der Waals surface area contributed by atoms with E-state index in [1.807, 2.05) is 72.8 Å². The molecule has 4 aromatic rings. The van der Waals surface area contributed by atoms with Crippen molar-refractivity contribution in [3.8, 4) is 10.6 Å². The van der Waals surface area contributed by atoms with Crippen LogP contribution in [0.5, 0.6) is 0 Å². The van der Waals surface area contributed by atoms with E-state index in [0.29, 0.717) is 10.7 Å². The molecule has 1 amide bonds. The van der Waals surface area contributed by atoms with E-state index >= 15 is 0 Å². The van der Waals surface area contributed by atoms with Crippen LogP contribution in [0.4, 0.5) is 5.13 Å². The third-order valence-corrected chi connectivity index (χ3v) is 5.34. The molecule has 0 aliphatic rings. The number of aryl methyl sites for hydroxylation is 2. The first kappa shape index (κ1) is 18.1. The van der Waals surface area contributed by atoms with Crippen LogP contribution < -0.4 is 5.32 Å². The molecule has 1 N–H and O–H groups in total. The lowest BCUT2D eigenvalue weighted by Gasteiger charge is -2.09. The largest absolute Gasteiger partial charge is 0.296 e. The van der Waals surface area contributed by atoms with Crippen molar-refractivity contribution in [3.05, 3.63) is 102 Å². The first-order valence-electron chi connectivity index (χ1n) is 9.12. The Balaban J connectivity index is 1.47. The smallest absolute Gasteiger partial charge is 0.257 e. The molecule has 1 aromatic heterocycles. The molecule has 0 bridgehead atoms. The van der Waals surface area contributed by atoms with Gasteiger partial charge in [-0.25, -0.2) is 0 Å². The van der Waals surface area contributed by atoms with Gasteiger partial charge in [-0.1, -0.05) is 90.2 Å². The zero-order valence-corrected chi connectivity index (χ0v) is 16.0. The highest BCUT2D eigenvalue weighted by atomic mass is 32.1. The van der Waals surface area contributed by atoms with Crippen molar-refractivity contribution < 1.29 is 4.79 Å². The average Bonchev–Trinajstić information content (AvgIpc) is 3.22. The molecule has 1 heterocycles. The number of nitrogens with one attached hydrogen (secondary N) is 1. The van der Waals surface area contributed by atoms with Gasteiger partial charge in [0.15, 0.2) is 0 Å². The summed E-state index contributed by atoms with van der Waals surface area (Å²) in [7, 11) is 0. The van der Waals surface area contributed by atoms with Crippen LogP contribution in [0.1, 0.15) is 21.5 Å². The zero-order valence-electron chi connectivity index (χ0n) is 15.2. The summed E-state index contributed by atoms with van der Waals surface area (Å²) < 4.78 is 0. The summed E-state index contributed by atoms with van der Waals surface area (Å²) in [5, 5.41) is 12.5. The number of carbonyl (C=O) groups is 1. The lowest BCUT2D eigenvalue weighted by atomic mass is 9.99. The summed E-state index contributed by atoms with van der Waals surface area (Å²) in [6, 6.07) is 27.8. The molecule has 0 fully saturated rings. The molecular weight excluding hydrogens is 366 g/mol. The molecule has 0 aliphatic heterocycles. The number of hydrogen-bond donors (Lipinski definition) is 1. The molecule has 4 nitrogen and oxygen atoms in total. The fourth-order valence-corrected chi connectivity index (χ4v) is 3.76. The minimum Gasteiger partial charge on any atom is -0.296 e. The summed E-state index contributed by atoms with van der Waals surface area (Å²) in [5.41, 5.74) is 3.95. The highest BCUT2D eigenvalue weighted by Gasteiger charge is 2.14. The normalized spacial score (nSPS) is 10.6. The van der Waals surface area contributed by atoms with E-state index in [9.17, 15) is 4.79 Å². The highest BCUT2D eigenvalue weighted by molar-refractivity contribution is 7.18. The van der Waals surface area contributed by atoms with E-state index in [4.69, 9.17) is 0 Å². The molecule has 0 aliphatic carbocycles. The van der Waals surface area contributed by atoms with Crippen LogP contribution >= 0.6 is 11.3 Å². The van der Waals surface area contributed by atoms with Gasteiger partial charge in [-0.05, 0) is 30.0 Å². The second-order valence-electron chi connectivity index (χ2n) is 6.38. The molecule has 3 aromatic carbocycles. The standard InChI is InChI=1S/C23H19N3OS/c27-21(24-23-26-25-22(28-23)19-12-5-2-6-13-19)20-14-8-7-11-18(20)16-15-17-9-3-1-4-10-17/h1-14H,15-16H2,(H,24,26,27). The van der Waals surface area contributed by atoms with Crippen molar-refractivity contribution in [2.24, 2.45) is 0 Å². The Hall–Kier alpha value is -3.31. The Kier molecular flexibility index (Phi) is 5.54. The monoisotopic (exact) mass is 385 g/mol. The van der Waals surface area contributed by atoms with E-state index in [-0.39, 0.29) is 5.91 Å². The Morgan fingerprint density at radius 1 is 0.786 bits per heavy atom. The lowest BCUT2D eigenvalue weighted by Crippen LogP contribution is -2.14. The SMILES string of the molecule is O=C(Nc1nnc(-c2ccccc2)s1)c1ccccc1CCc1ccccc1. The van der Waals surface area contributed by atoms with Gasteiger partial charge in [-0.2, -0.15) is 0 Å². The Labute approximate surface area is 167 Å². The molecule has 0 atom stereocenters. The summed E-state index contributed by atoms with van der Waals surface area (Å²) in [5.74, 6) is -0.153. The van der Waals surface area contributed by atoms with Crippen LogP contribution in [0.15, 0.2) is 84.9 Å². The molecule has 138 valence electrons. The van der Waals surface area contributed by atoms with E-state index in [1.54, 1.807) is 0 Å². The van der Waals surface area contributed by atoms with E-state index in [2.05, 4.69) is 27.6 Å². The molecule has 0 radical (unpaired) electrons. The van der Waals surface area contributed by atoms with Gasteiger partial charge in [0.1, 0.15) is 5.01 Å². The van der Waals surface area contributed by atoms with Gasteiger partial charge >= 0.3 is 0 Å². The second kappa shape index (κ2) is 8.59. The third kappa shape index (κ3) is 4.32. The molecule has 0 saturated heterocycles. The Bertz CT molecular complexity index is 1060. The van der Waals surface area contributed by atoms with Gasteiger partial charge in [0, 0.05) is 11.1 Å². The van der Waals surface area contributed by atoms with E-state index < -0.39 is 0 Å². The van der Waals surface area contributed by atoms with Crippen molar-refractivity contribution >= 4 is 22.4 Å². The number of nitrogens with zero attached hydrogens (tertiary/aromatic N) is 2. The zero-order chi connectivity index (χ0) is 19.2. The number of carbonyl (C=O) groups excluding carboxylic acids is 1. The number of hydrogen-bond acceptors (Lipinski definition) is 4. The first-order valence-corrected chi connectivity index (χ1v) is 9.93. The molecular formula is C23H19N3OS. The Morgan fingerprint density at radius 3 is 2.25 bits per heavy atom. The summed E-state index contributed by atoms with van der Waals surface area (Å²) >= 11 is 1.37. The topological polar surface area (TPSA) is 54.9 Å². The quantitative estimate of drug-likeness (QED) is 0.494. The van der Waals surface area contributed by atoms with Gasteiger partial charge in [-0.15, -0.1) is 10.2 Å². The second-order valence-corrected chi connectivity index (χ2v) is 7.35. The molecule has 0 saturated carbocycles.